The van der Waals surface area contributed by atoms with E-state index in [4.69, 9.17) is 16.3 Å². The fraction of sp³-hybridized carbons (Fsp3) is 0.688. The molecule has 0 aromatic carbocycles. The molecule has 9 heteroatoms. The number of hydrogen-bond donors (Lipinski definition) is 0. The van der Waals surface area contributed by atoms with Gasteiger partial charge >= 0.3 is 11.7 Å². The Balaban J connectivity index is 2.43. The van der Waals surface area contributed by atoms with Crippen LogP contribution in [0.15, 0.2) is 6.20 Å². The van der Waals surface area contributed by atoms with Gasteiger partial charge in [-0.25, -0.2) is 4.98 Å². The van der Waals surface area contributed by atoms with Crippen LogP contribution in [0.3, 0.4) is 0 Å². The van der Waals surface area contributed by atoms with E-state index in [1.165, 1.54) is 0 Å². The second-order valence-electron chi connectivity index (χ2n) is 6.05. The molecular weight excluding hydrogens is 348 g/mol. The van der Waals surface area contributed by atoms with Crippen molar-refractivity contribution in [2.45, 2.75) is 71.1 Å². The van der Waals surface area contributed by atoms with Crippen LogP contribution in [0.25, 0.3) is 0 Å². The summed E-state index contributed by atoms with van der Waals surface area (Å²) < 4.78 is 5.60. The zero-order valence-corrected chi connectivity index (χ0v) is 15.2. The molecule has 0 saturated heterocycles. The molecule has 1 aliphatic rings. The first-order chi connectivity index (χ1) is 12.0. The average Bonchev–Trinajstić information content (AvgIpc) is 3.08. The molecule has 1 aliphatic carbocycles. The number of halogens is 1. The van der Waals surface area contributed by atoms with E-state index in [1.54, 1.807) is 4.90 Å². The Kier molecular flexibility index (Phi) is 6.92. The number of hydrogen-bond acceptors (Lipinski definition) is 7. The van der Waals surface area contributed by atoms with Crippen LogP contribution in [0.2, 0.25) is 5.28 Å². The largest absolute Gasteiger partial charge is 0.441 e. The Labute approximate surface area is 151 Å². The highest BCUT2D eigenvalue weighted by Gasteiger charge is 2.36. The van der Waals surface area contributed by atoms with Gasteiger partial charge in [-0.1, -0.05) is 26.7 Å². The number of esters is 1. The third-order valence-corrected chi connectivity index (χ3v) is 4.44. The van der Waals surface area contributed by atoms with Crippen molar-refractivity contribution < 1.29 is 14.5 Å². The van der Waals surface area contributed by atoms with Gasteiger partial charge in [0.05, 0.1) is 4.92 Å². The highest BCUT2D eigenvalue weighted by molar-refractivity contribution is 6.28. The normalized spacial score (nSPS) is 15.8. The molecule has 1 aromatic rings. The lowest BCUT2D eigenvalue weighted by Crippen LogP contribution is -2.45. The van der Waals surface area contributed by atoms with Crippen LogP contribution in [0.1, 0.15) is 58.8 Å². The molecule has 1 aromatic heterocycles. The van der Waals surface area contributed by atoms with Gasteiger partial charge in [0.25, 0.3) is 0 Å². The second kappa shape index (κ2) is 8.94. The van der Waals surface area contributed by atoms with Crippen molar-refractivity contribution in [1.82, 2.24) is 9.97 Å². The first-order valence-corrected chi connectivity index (χ1v) is 9.00. The number of aromatic nitrogens is 2. The lowest BCUT2D eigenvalue weighted by Gasteiger charge is -2.35. The zero-order chi connectivity index (χ0) is 18.4. The zero-order valence-electron chi connectivity index (χ0n) is 14.5. The first kappa shape index (κ1) is 19.4. The molecule has 1 unspecified atom stereocenters. The number of nitrogens with zero attached hydrogens (tertiary/aromatic N) is 4. The van der Waals surface area contributed by atoms with Crippen LogP contribution in [0.4, 0.5) is 11.5 Å². The third-order valence-electron chi connectivity index (χ3n) is 4.26. The summed E-state index contributed by atoms with van der Waals surface area (Å²) in [7, 11) is 0. The van der Waals surface area contributed by atoms with E-state index in [0.29, 0.717) is 19.3 Å². The Morgan fingerprint density at radius 3 is 2.72 bits per heavy atom. The van der Waals surface area contributed by atoms with E-state index in [0.717, 1.165) is 31.9 Å². The lowest BCUT2D eigenvalue weighted by atomic mass is 10.1. The van der Waals surface area contributed by atoms with Crippen LogP contribution in [0, 0.1) is 10.1 Å². The minimum atomic E-state index is -0.619. The van der Waals surface area contributed by atoms with Crippen molar-refractivity contribution in [3.05, 3.63) is 21.6 Å². The summed E-state index contributed by atoms with van der Waals surface area (Å²) in [6, 6.07) is 0.0176. The first-order valence-electron chi connectivity index (χ1n) is 8.62. The van der Waals surface area contributed by atoms with Gasteiger partial charge < -0.3 is 9.64 Å². The summed E-state index contributed by atoms with van der Waals surface area (Å²) in [6.45, 7) is 3.77. The summed E-state index contributed by atoms with van der Waals surface area (Å²) in [5.41, 5.74) is -0.235. The monoisotopic (exact) mass is 370 g/mol. The van der Waals surface area contributed by atoms with Gasteiger partial charge in [0, 0.05) is 18.9 Å². The minimum Gasteiger partial charge on any atom is -0.441 e. The van der Waals surface area contributed by atoms with Crippen molar-refractivity contribution in [1.29, 1.82) is 0 Å². The van der Waals surface area contributed by atoms with Crippen molar-refractivity contribution in [3.63, 3.8) is 0 Å². The molecule has 25 heavy (non-hydrogen) atoms. The topological polar surface area (TPSA) is 98.5 Å². The maximum absolute atomic E-state index is 12.0. The van der Waals surface area contributed by atoms with Gasteiger partial charge in [0.2, 0.25) is 11.1 Å². The van der Waals surface area contributed by atoms with E-state index in [2.05, 4.69) is 9.97 Å². The summed E-state index contributed by atoms with van der Waals surface area (Å²) in [4.78, 5) is 32.5. The van der Waals surface area contributed by atoms with Gasteiger partial charge in [0.15, 0.2) is 6.23 Å². The Bertz CT molecular complexity index is 622. The number of rotatable bonds is 8. The summed E-state index contributed by atoms with van der Waals surface area (Å²) in [5, 5.41) is 11.4. The molecule has 0 bridgehead atoms. The predicted molar refractivity (Wildman–Crippen MR) is 93.5 cm³/mol. The smallest absolute Gasteiger partial charge is 0.329 e. The van der Waals surface area contributed by atoms with Crippen molar-refractivity contribution in [3.8, 4) is 0 Å². The maximum Gasteiger partial charge on any atom is 0.329 e. The molecule has 1 atom stereocenters. The quantitative estimate of drug-likeness (QED) is 0.225. The van der Waals surface area contributed by atoms with Gasteiger partial charge in [-0.3, -0.25) is 14.9 Å². The molecule has 8 nitrogen and oxygen atoms in total. The summed E-state index contributed by atoms with van der Waals surface area (Å²) in [5.74, 6) is -0.201. The third kappa shape index (κ3) is 4.78. The molecule has 0 spiro atoms. The van der Waals surface area contributed by atoms with Crippen LogP contribution >= 0.6 is 11.6 Å². The molecule has 0 amide bonds. The van der Waals surface area contributed by atoms with Gasteiger partial charge in [-0.05, 0) is 30.9 Å². The molecule has 0 radical (unpaired) electrons. The number of carbonyl (C=O) groups excluding carboxylic acids is 1. The molecule has 1 saturated carbocycles. The highest BCUT2D eigenvalue weighted by atomic mass is 35.5. The van der Waals surface area contributed by atoms with E-state index < -0.39 is 11.2 Å². The molecule has 138 valence electrons. The number of nitro groups is 1. The van der Waals surface area contributed by atoms with Crippen LogP contribution in [-0.4, -0.2) is 33.1 Å². The molecule has 2 rings (SSSR count). The Hall–Kier alpha value is -1.96. The Morgan fingerprint density at radius 2 is 2.16 bits per heavy atom. The molecule has 0 N–H and O–H groups in total. The molecule has 0 aliphatic heterocycles. The summed E-state index contributed by atoms with van der Waals surface area (Å²) in [6.07, 6.45) is 5.73. The van der Waals surface area contributed by atoms with Crippen LogP contribution in [0.5, 0.6) is 0 Å². The van der Waals surface area contributed by atoms with Crippen molar-refractivity contribution in [2.24, 2.45) is 0 Å². The van der Waals surface area contributed by atoms with Gasteiger partial charge in [0.1, 0.15) is 6.20 Å². The standard InChI is InChI=1S/C16H23ClN4O4/c1-3-7-14(22)25-13(4-2)20(11-8-5-6-9-11)15-12(21(23)24)10-18-16(17)19-15/h10-11,13H,3-9H2,1-2H3. The highest BCUT2D eigenvalue weighted by Crippen LogP contribution is 2.35. The average molecular weight is 371 g/mol. The van der Waals surface area contributed by atoms with Crippen LogP contribution in [-0.2, 0) is 9.53 Å². The number of ether oxygens (including phenoxy) is 1. The van der Waals surface area contributed by atoms with Crippen molar-refractivity contribution >= 4 is 29.1 Å². The van der Waals surface area contributed by atoms with Gasteiger partial charge in [-0.2, -0.15) is 4.98 Å². The van der Waals surface area contributed by atoms with Gasteiger partial charge in [-0.15, -0.1) is 0 Å². The van der Waals surface area contributed by atoms with Crippen LogP contribution < -0.4 is 4.90 Å². The number of carbonyl (C=O) groups is 1. The molecule has 1 fully saturated rings. The van der Waals surface area contributed by atoms with E-state index in [9.17, 15) is 14.9 Å². The summed E-state index contributed by atoms with van der Waals surface area (Å²) >= 11 is 5.90. The SMILES string of the molecule is CCCC(=O)OC(CC)N(c1nc(Cl)ncc1[N+](=O)[O-])C1CCCC1. The second-order valence-corrected chi connectivity index (χ2v) is 6.39. The fourth-order valence-corrected chi connectivity index (χ4v) is 3.27. The Morgan fingerprint density at radius 1 is 1.48 bits per heavy atom. The predicted octanol–water partition coefficient (Wildman–Crippen LogP) is 3.87. The molecule has 1 heterocycles. The molecular formula is C16H23ClN4O4. The van der Waals surface area contributed by atoms with E-state index in [1.807, 2.05) is 13.8 Å². The van der Waals surface area contributed by atoms with Crippen molar-refractivity contribution in [2.75, 3.05) is 4.90 Å². The number of anilines is 1. The lowest BCUT2D eigenvalue weighted by molar-refractivity contribution is -0.384. The maximum atomic E-state index is 12.0. The van der Waals surface area contributed by atoms with E-state index in [-0.39, 0.29) is 28.8 Å². The van der Waals surface area contributed by atoms with E-state index >= 15 is 0 Å². The fourth-order valence-electron chi connectivity index (χ4n) is 3.14. The minimum absolute atomic E-state index is 0.0176.